The zero-order chi connectivity index (χ0) is 15.0. The summed E-state index contributed by atoms with van der Waals surface area (Å²) in [5.41, 5.74) is 2.76. The molecule has 0 aromatic heterocycles. The van der Waals surface area contributed by atoms with E-state index in [1.54, 1.807) is 6.07 Å². The summed E-state index contributed by atoms with van der Waals surface area (Å²) >= 11 is 0. The van der Waals surface area contributed by atoms with E-state index in [1.165, 1.54) is 0 Å². The Bertz CT molecular complexity index is 712. The maximum Gasteiger partial charge on any atom is 0.121 e. The molecule has 0 fully saturated rings. The third kappa shape index (κ3) is 3.70. The van der Waals surface area contributed by atoms with E-state index in [4.69, 9.17) is 0 Å². The minimum Gasteiger partial charge on any atom is -0.150 e. The van der Waals surface area contributed by atoms with E-state index in [9.17, 15) is 0 Å². The first-order valence-corrected chi connectivity index (χ1v) is 6.86. The summed E-state index contributed by atoms with van der Waals surface area (Å²) in [4.78, 5) is 0. The molecule has 3 aromatic carbocycles. The van der Waals surface area contributed by atoms with Crippen LogP contribution >= 0.6 is 0 Å². The van der Waals surface area contributed by atoms with Crippen molar-refractivity contribution < 1.29 is 0 Å². The SMILES string of the molecule is [c]1cccc(N=Nc2ccccc2)c1N=Nc1ccccc1. The van der Waals surface area contributed by atoms with Gasteiger partial charge in [-0.05, 0) is 30.3 Å². The first-order valence-electron chi connectivity index (χ1n) is 6.86. The van der Waals surface area contributed by atoms with Gasteiger partial charge in [-0.3, -0.25) is 0 Å². The van der Waals surface area contributed by atoms with Crippen molar-refractivity contribution in [2.24, 2.45) is 20.5 Å². The van der Waals surface area contributed by atoms with Crippen LogP contribution in [0.15, 0.2) is 99.3 Å². The van der Waals surface area contributed by atoms with Crippen molar-refractivity contribution in [2.45, 2.75) is 0 Å². The minimum atomic E-state index is 0.561. The van der Waals surface area contributed by atoms with Crippen molar-refractivity contribution in [3.63, 3.8) is 0 Å². The lowest BCUT2D eigenvalue weighted by atomic mass is 10.3. The van der Waals surface area contributed by atoms with E-state index < -0.39 is 0 Å². The quantitative estimate of drug-likeness (QED) is 0.504. The Balaban J connectivity index is 1.84. The van der Waals surface area contributed by atoms with Crippen LogP contribution in [0.4, 0.5) is 22.7 Å². The van der Waals surface area contributed by atoms with Gasteiger partial charge in [0.25, 0.3) is 0 Å². The lowest BCUT2D eigenvalue weighted by molar-refractivity contribution is 1.18. The predicted molar refractivity (Wildman–Crippen MR) is 86.5 cm³/mol. The average molecular weight is 285 g/mol. The van der Waals surface area contributed by atoms with E-state index >= 15 is 0 Å². The van der Waals surface area contributed by atoms with Gasteiger partial charge in [-0.1, -0.05) is 48.5 Å². The standard InChI is InChI=1S/C18H13N4/c1-3-9-15(10-4-1)19-21-17-13-7-8-14-18(17)22-20-16-11-5-2-6-12-16/h1-13H. The van der Waals surface area contributed by atoms with Crippen LogP contribution in [-0.2, 0) is 0 Å². The Morgan fingerprint density at radius 2 is 1.14 bits per heavy atom. The van der Waals surface area contributed by atoms with Gasteiger partial charge < -0.3 is 0 Å². The number of hydrogen-bond acceptors (Lipinski definition) is 4. The fraction of sp³-hybridized carbons (Fsp3) is 0. The van der Waals surface area contributed by atoms with Crippen molar-refractivity contribution in [1.29, 1.82) is 0 Å². The number of rotatable bonds is 4. The second-order valence-electron chi connectivity index (χ2n) is 4.48. The van der Waals surface area contributed by atoms with Gasteiger partial charge in [-0.2, -0.15) is 10.2 Å². The van der Waals surface area contributed by atoms with Crippen LogP contribution in [0, 0.1) is 6.07 Å². The Morgan fingerprint density at radius 3 is 1.77 bits per heavy atom. The zero-order valence-corrected chi connectivity index (χ0v) is 11.8. The van der Waals surface area contributed by atoms with E-state index in [-0.39, 0.29) is 0 Å². The molecule has 0 atom stereocenters. The average Bonchev–Trinajstić information content (AvgIpc) is 2.61. The monoisotopic (exact) mass is 285 g/mol. The highest BCUT2D eigenvalue weighted by molar-refractivity contribution is 5.60. The van der Waals surface area contributed by atoms with E-state index in [1.807, 2.05) is 72.8 Å². The molecule has 0 spiro atoms. The van der Waals surface area contributed by atoms with Crippen molar-refractivity contribution in [3.05, 3.63) is 84.9 Å². The van der Waals surface area contributed by atoms with Crippen LogP contribution in [-0.4, -0.2) is 0 Å². The minimum absolute atomic E-state index is 0.561. The molecule has 1 radical (unpaired) electrons. The van der Waals surface area contributed by atoms with Crippen molar-refractivity contribution >= 4 is 22.7 Å². The lowest BCUT2D eigenvalue weighted by Crippen LogP contribution is -1.68. The molecule has 0 heterocycles. The Morgan fingerprint density at radius 1 is 0.545 bits per heavy atom. The second kappa shape index (κ2) is 7.04. The third-order valence-corrected chi connectivity index (χ3v) is 2.86. The molecule has 3 aromatic rings. The summed E-state index contributed by atoms with van der Waals surface area (Å²) in [6, 6.07) is 27.6. The molecule has 0 unspecified atom stereocenters. The van der Waals surface area contributed by atoms with Crippen molar-refractivity contribution in [1.82, 2.24) is 0 Å². The predicted octanol–water partition coefficient (Wildman–Crippen LogP) is 6.32. The zero-order valence-electron chi connectivity index (χ0n) is 11.8. The fourth-order valence-electron chi connectivity index (χ4n) is 1.79. The highest BCUT2D eigenvalue weighted by Crippen LogP contribution is 2.30. The molecular weight excluding hydrogens is 272 g/mol. The van der Waals surface area contributed by atoms with Crippen LogP contribution in [0.25, 0.3) is 0 Å². The lowest BCUT2D eigenvalue weighted by Gasteiger charge is -1.97. The van der Waals surface area contributed by atoms with Crippen LogP contribution in [0.5, 0.6) is 0 Å². The molecule has 4 nitrogen and oxygen atoms in total. The highest BCUT2D eigenvalue weighted by atomic mass is 15.1. The molecular formula is C18H13N4. The summed E-state index contributed by atoms with van der Waals surface area (Å²) in [6.45, 7) is 0. The molecule has 0 bridgehead atoms. The third-order valence-electron chi connectivity index (χ3n) is 2.86. The Labute approximate surface area is 128 Å². The van der Waals surface area contributed by atoms with Crippen LogP contribution in [0.3, 0.4) is 0 Å². The normalized spacial score (nSPS) is 11.3. The van der Waals surface area contributed by atoms with Gasteiger partial charge >= 0.3 is 0 Å². The summed E-state index contributed by atoms with van der Waals surface area (Å²) in [6.07, 6.45) is 0. The molecule has 0 saturated heterocycles. The first kappa shape index (κ1) is 13.8. The summed E-state index contributed by atoms with van der Waals surface area (Å²) in [5.74, 6) is 0. The molecule has 3 rings (SSSR count). The van der Waals surface area contributed by atoms with Gasteiger partial charge in [0.05, 0.1) is 11.4 Å². The first-order chi connectivity index (χ1) is 10.9. The van der Waals surface area contributed by atoms with Gasteiger partial charge in [0.2, 0.25) is 0 Å². The molecule has 0 N–H and O–H groups in total. The number of hydrogen-bond donors (Lipinski definition) is 0. The maximum atomic E-state index is 4.23. The van der Waals surface area contributed by atoms with Gasteiger partial charge in [-0.15, -0.1) is 10.2 Å². The topological polar surface area (TPSA) is 49.4 Å². The Hall–Kier alpha value is -3.14. The number of nitrogens with zero attached hydrogens (tertiary/aromatic N) is 4. The van der Waals surface area contributed by atoms with Crippen LogP contribution in [0.1, 0.15) is 0 Å². The van der Waals surface area contributed by atoms with Gasteiger partial charge in [0.15, 0.2) is 0 Å². The fourth-order valence-corrected chi connectivity index (χ4v) is 1.79. The molecule has 4 heteroatoms. The summed E-state index contributed by atoms with van der Waals surface area (Å²) in [7, 11) is 0. The molecule has 0 aliphatic heterocycles. The number of azo groups is 2. The van der Waals surface area contributed by atoms with Crippen LogP contribution in [0.2, 0.25) is 0 Å². The molecule has 105 valence electrons. The molecule has 0 saturated carbocycles. The molecule has 0 amide bonds. The van der Waals surface area contributed by atoms with Gasteiger partial charge in [0, 0.05) is 6.07 Å². The summed E-state index contributed by atoms with van der Waals surface area (Å²) < 4.78 is 0. The van der Waals surface area contributed by atoms with E-state index in [0.717, 1.165) is 11.4 Å². The van der Waals surface area contributed by atoms with Crippen LogP contribution < -0.4 is 0 Å². The van der Waals surface area contributed by atoms with Gasteiger partial charge in [-0.25, -0.2) is 0 Å². The van der Waals surface area contributed by atoms with E-state index in [0.29, 0.717) is 11.4 Å². The van der Waals surface area contributed by atoms with Gasteiger partial charge in [0.1, 0.15) is 11.4 Å². The maximum absolute atomic E-state index is 4.23. The molecule has 0 aliphatic carbocycles. The largest absolute Gasteiger partial charge is 0.150 e. The smallest absolute Gasteiger partial charge is 0.121 e. The molecule has 0 aliphatic rings. The molecule has 22 heavy (non-hydrogen) atoms. The Kier molecular flexibility index (Phi) is 4.42. The second-order valence-corrected chi connectivity index (χ2v) is 4.48. The number of benzene rings is 3. The summed E-state index contributed by atoms with van der Waals surface area (Å²) in [5, 5.41) is 16.8. The van der Waals surface area contributed by atoms with E-state index in [2.05, 4.69) is 26.5 Å². The van der Waals surface area contributed by atoms with Crippen molar-refractivity contribution in [2.75, 3.05) is 0 Å². The highest BCUT2D eigenvalue weighted by Gasteiger charge is 1.99. The van der Waals surface area contributed by atoms with Crippen molar-refractivity contribution in [3.8, 4) is 0 Å².